The highest BCUT2D eigenvalue weighted by molar-refractivity contribution is 6.01. The van der Waals surface area contributed by atoms with E-state index in [0.29, 0.717) is 16.7 Å². The molecule has 34 heavy (non-hydrogen) atoms. The van der Waals surface area contributed by atoms with Crippen molar-refractivity contribution < 1.29 is 29.4 Å². The summed E-state index contributed by atoms with van der Waals surface area (Å²) in [6.07, 6.45) is -1.07. The minimum absolute atomic E-state index is 0.0191. The Morgan fingerprint density at radius 1 is 0.824 bits per heavy atom. The second-order valence-electron chi connectivity index (χ2n) is 10.2. The van der Waals surface area contributed by atoms with Gasteiger partial charge in [-0.25, -0.2) is 0 Å². The van der Waals surface area contributed by atoms with Gasteiger partial charge in [0.25, 0.3) is 5.90 Å². The smallest absolute Gasteiger partial charge is 0.257 e. The third-order valence-electron chi connectivity index (χ3n) is 4.97. The second kappa shape index (κ2) is 11.4. The van der Waals surface area contributed by atoms with Gasteiger partial charge in [-0.15, -0.1) is 0 Å². The molecule has 0 spiro atoms. The molecule has 2 N–H and O–H groups in total. The van der Waals surface area contributed by atoms with Gasteiger partial charge in [-0.2, -0.15) is 0 Å². The molecule has 0 heterocycles. The molecule has 0 saturated heterocycles. The second-order valence-corrected chi connectivity index (χ2v) is 10.2. The summed E-state index contributed by atoms with van der Waals surface area (Å²) in [5, 5.41) is 22.4. The fourth-order valence-electron chi connectivity index (χ4n) is 2.93. The van der Waals surface area contributed by atoms with Gasteiger partial charge >= 0.3 is 0 Å². The molecule has 0 aromatic heterocycles. The summed E-state index contributed by atoms with van der Waals surface area (Å²) in [6, 6.07) is 14.0. The van der Waals surface area contributed by atoms with E-state index in [2.05, 4.69) is 5.16 Å². The first-order chi connectivity index (χ1) is 15.8. The van der Waals surface area contributed by atoms with Gasteiger partial charge in [0.2, 0.25) is 0 Å². The molecule has 2 aromatic rings. The van der Waals surface area contributed by atoms with Crippen molar-refractivity contribution in [2.45, 2.75) is 54.3 Å². The summed E-state index contributed by atoms with van der Waals surface area (Å²) in [5.74, 6) is 0.239. The molecule has 0 aliphatic rings. The first-order valence-corrected chi connectivity index (χ1v) is 11.2. The van der Waals surface area contributed by atoms with Crippen molar-refractivity contribution in [3.05, 3.63) is 70.8 Å². The maximum atomic E-state index is 12.5. The van der Waals surface area contributed by atoms with Crippen LogP contribution in [-0.2, 0) is 16.2 Å². The highest BCUT2D eigenvalue weighted by Gasteiger charge is 2.24. The summed E-state index contributed by atoms with van der Waals surface area (Å²) in [7, 11) is 0. The van der Waals surface area contributed by atoms with Crippen LogP contribution in [0.3, 0.4) is 0 Å². The fraction of sp³-hybridized carbons (Fsp3) is 0.444. The van der Waals surface area contributed by atoms with Crippen LogP contribution in [-0.4, -0.2) is 47.0 Å². The lowest BCUT2D eigenvalue weighted by atomic mass is 9.86. The summed E-state index contributed by atoms with van der Waals surface area (Å²) < 4.78 is 5.88. The standard InChI is InChI=1S/C27H35NO6/c1-26(2,3)23(31)19-9-7-18(8-10-19)16-33-25(28-34-17-22(30)15-29)21-13-11-20(12-14-21)24(32)27(4,5)6/h7-14,22,29-30H,15-17H2,1-6H3. The van der Waals surface area contributed by atoms with Crippen LogP contribution in [0.15, 0.2) is 53.7 Å². The van der Waals surface area contributed by atoms with Gasteiger partial charge in [0, 0.05) is 27.5 Å². The Morgan fingerprint density at radius 3 is 1.71 bits per heavy atom. The molecule has 0 radical (unpaired) electrons. The molecule has 0 fully saturated rings. The zero-order chi connectivity index (χ0) is 25.5. The predicted octanol–water partition coefficient (Wildman–Crippen LogP) is 4.39. The zero-order valence-corrected chi connectivity index (χ0v) is 20.8. The number of nitrogens with zero attached hydrogens (tertiary/aromatic N) is 1. The van der Waals surface area contributed by atoms with Crippen LogP contribution >= 0.6 is 0 Å². The number of carbonyl (C=O) groups is 2. The lowest BCUT2D eigenvalue weighted by Crippen LogP contribution is -2.20. The van der Waals surface area contributed by atoms with Gasteiger partial charge in [-0.3, -0.25) is 9.59 Å². The third kappa shape index (κ3) is 7.78. The number of Topliss-reactive ketones (excluding diaryl/α,β-unsaturated/α-hetero) is 2. The number of ether oxygens (including phenoxy) is 1. The van der Waals surface area contributed by atoms with Crippen molar-refractivity contribution in [2.75, 3.05) is 13.2 Å². The minimum atomic E-state index is -1.07. The molecule has 1 atom stereocenters. The van der Waals surface area contributed by atoms with Crippen molar-refractivity contribution in [2.24, 2.45) is 16.0 Å². The number of oxime groups is 1. The Bertz CT molecular complexity index is 995. The number of carbonyl (C=O) groups excluding carboxylic acids is 2. The highest BCUT2D eigenvalue weighted by atomic mass is 16.7. The molecule has 2 rings (SSSR count). The van der Waals surface area contributed by atoms with Gasteiger partial charge in [0.1, 0.15) is 19.3 Å². The Hall–Kier alpha value is -3.03. The van der Waals surface area contributed by atoms with Crippen LogP contribution in [0.5, 0.6) is 0 Å². The first kappa shape index (κ1) is 27.2. The Kier molecular flexibility index (Phi) is 9.13. The summed E-state index contributed by atoms with van der Waals surface area (Å²) in [5.41, 5.74) is 1.65. The zero-order valence-electron chi connectivity index (χ0n) is 20.8. The van der Waals surface area contributed by atoms with Crippen molar-refractivity contribution in [1.82, 2.24) is 0 Å². The molecule has 0 saturated carbocycles. The van der Waals surface area contributed by atoms with Crippen LogP contribution in [0.25, 0.3) is 0 Å². The van der Waals surface area contributed by atoms with E-state index in [1.54, 1.807) is 36.4 Å². The van der Waals surface area contributed by atoms with E-state index in [0.717, 1.165) is 5.56 Å². The number of ketones is 2. The number of rotatable bonds is 9. The lowest BCUT2D eigenvalue weighted by molar-refractivity contribution is 0.00589. The van der Waals surface area contributed by atoms with Gasteiger partial charge in [0.05, 0.1) is 6.61 Å². The van der Waals surface area contributed by atoms with Gasteiger partial charge in [0.15, 0.2) is 11.6 Å². The van der Waals surface area contributed by atoms with Gasteiger partial charge < -0.3 is 19.8 Å². The van der Waals surface area contributed by atoms with Crippen molar-refractivity contribution in [3.63, 3.8) is 0 Å². The van der Waals surface area contributed by atoms with Crippen LogP contribution in [0, 0.1) is 10.8 Å². The highest BCUT2D eigenvalue weighted by Crippen LogP contribution is 2.22. The van der Waals surface area contributed by atoms with E-state index in [4.69, 9.17) is 14.7 Å². The van der Waals surface area contributed by atoms with E-state index >= 15 is 0 Å². The maximum absolute atomic E-state index is 12.5. The van der Waals surface area contributed by atoms with Gasteiger partial charge in [-0.1, -0.05) is 77.9 Å². The topological polar surface area (TPSA) is 105 Å². The summed E-state index contributed by atoms with van der Waals surface area (Å²) in [4.78, 5) is 30.1. The molecule has 0 aliphatic heterocycles. The lowest BCUT2D eigenvalue weighted by Gasteiger charge is -2.17. The van der Waals surface area contributed by atoms with Crippen LogP contribution in [0.4, 0.5) is 0 Å². The molecule has 0 aliphatic carbocycles. The minimum Gasteiger partial charge on any atom is -0.470 e. The number of hydrogen-bond acceptors (Lipinski definition) is 7. The third-order valence-corrected chi connectivity index (χ3v) is 4.97. The average molecular weight is 470 g/mol. The predicted molar refractivity (Wildman–Crippen MR) is 131 cm³/mol. The molecule has 0 bridgehead atoms. The van der Waals surface area contributed by atoms with E-state index in [1.807, 2.05) is 53.7 Å². The largest absolute Gasteiger partial charge is 0.470 e. The molecule has 7 nitrogen and oxygen atoms in total. The van der Waals surface area contributed by atoms with Crippen molar-refractivity contribution >= 4 is 17.5 Å². The molecular formula is C27H35NO6. The molecule has 7 heteroatoms. The molecule has 1 unspecified atom stereocenters. The molecule has 184 valence electrons. The van der Waals surface area contributed by atoms with E-state index in [9.17, 15) is 14.7 Å². The van der Waals surface area contributed by atoms with E-state index < -0.39 is 23.5 Å². The van der Waals surface area contributed by atoms with Crippen LogP contribution in [0.1, 0.15) is 73.4 Å². The molecule has 0 amide bonds. The fourth-order valence-corrected chi connectivity index (χ4v) is 2.93. The Morgan fingerprint density at radius 2 is 1.26 bits per heavy atom. The monoisotopic (exact) mass is 469 g/mol. The molecule has 2 aromatic carbocycles. The average Bonchev–Trinajstić information content (AvgIpc) is 2.79. The number of hydrogen-bond donors (Lipinski definition) is 2. The first-order valence-electron chi connectivity index (χ1n) is 11.2. The maximum Gasteiger partial charge on any atom is 0.257 e. The SMILES string of the molecule is CC(C)(C)C(=O)c1ccc(COC(=NOCC(O)CO)c2ccc(C(=O)C(C)(C)C)cc2)cc1. The number of aliphatic hydroxyl groups is 2. The number of benzene rings is 2. The summed E-state index contributed by atoms with van der Waals surface area (Å²) in [6.45, 7) is 10.7. The van der Waals surface area contributed by atoms with Crippen molar-refractivity contribution in [1.29, 1.82) is 0 Å². The quantitative estimate of drug-likeness (QED) is 0.244. The van der Waals surface area contributed by atoms with Crippen LogP contribution in [0.2, 0.25) is 0 Å². The summed E-state index contributed by atoms with van der Waals surface area (Å²) >= 11 is 0. The Labute approximate surface area is 201 Å². The van der Waals surface area contributed by atoms with Gasteiger partial charge in [-0.05, 0) is 22.9 Å². The van der Waals surface area contributed by atoms with Crippen molar-refractivity contribution in [3.8, 4) is 0 Å². The van der Waals surface area contributed by atoms with E-state index in [-0.39, 0.29) is 30.7 Å². The number of aliphatic hydroxyl groups excluding tert-OH is 2. The molecular weight excluding hydrogens is 434 g/mol. The Balaban J connectivity index is 2.19. The van der Waals surface area contributed by atoms with Crippen LogP contribution < -0.4 is 0 Å². The normalized spacial score (nSPS) is 13.4. The van der Waals surface area contributed by atoms with E-state index in [1.165, 1.54) is 0 Å².